The molecule has 1 heterocycles. The predicted octanol–water partition coefficient (Wildman–Crippen LogP) is 2.01. The van der Waals surface area contributed by atoms with Gasteiger partial charge in [0.2, 0.25) is 0 Å². The largest absolute Gasteiger partial charge is 0.313 e. The van der Waals surface area contributed by atoms with E-state index in [0.29, 0.717) is 12.6 Å². The van der Waals surface area contributed by atoms with Crippen molar-refractivity contribution >= 4 is 21.2 Å². The number of hydrogen-bond donors (Lipinski definition) is 1. The van der Waals surface area contributed by atoms with E-state index in [4.69, 9.17) is 0 Å². The third-order valence-electron chi connectivity index (χ3n) is 2.65. The highest BCUT2D eigenvalue weighted by Gasteiger charge is 2.09. The maximum atomic E-state index is 11.3. The molecule has 3 nitrogen and oxygen atoms in total. The molecule has 5 heteroatoms. The summed E-state index contributed by atoms with van der Waals surface area (Å²) in [6, 6.07) is 4.58. The molecule has 1 aromatic heterocycles. The number of sulfone groups is 1. The maximum Gasteiger partial charge on any atom is 0.151 e. The number of aryl methyl sites for hydroxylation is 1. The molecule has 1 aromatic rings. The molecule has 0 aliphatic heterocycles. The zero-order valence-electron chi connectivity index (χ0n) is 10.7. The Labute approximate surface area is 108 Å². The lowest BCUT2D eigenvalue weighted by atomic mass is 10.2. The van der Waals surface area contributed by atoms with Gasteiger partial charge in [0.1, 0.15) is 0 Å². The van der Waals surface area contributed by atoms with Crippen molar-refractivity contribution < 1.29 is 8.42 Å². The van der Waals surface area contributed by atoms with Crippen molar-refractivity contribution in [1.29, 1.82) is 0 Å². The third-order valence-corrected chi connectivity index (χ3v) is 5.38. The monoisotopic (exact) mass is 275 g/mol. The maximum absolute atomic E-state index is 11.3. The average Bonchev–Trinajstić information content (AvgIpc) is 2.63. The lowest BCUT2D eigenvalue weighted by Gasteiger charge is -2.12. The molecule has 0 aliphatic rings. The van der Waals surface area contributed by atoms with Crippen molar-refractivity contribution in [2.24, 2.45) is 0 Å². The number of rotatable bonds is 7. The molecule has 1 unspecified atom stereocenters. The molecule has 0 fully saturated rings. The highest BCUT2D eigenvalue weighted by molar-refractivity contribution is 7.91. The van der Waals surface area contributed by atoms with Crippen LogP contribution in [0.3, 0.4) is 0 Å². The van der Waals surface area contributed by atoms with E-state index in [1.54, 1.807) is 18.3 Å². The summed E-state index contributed by atoms with van der Waals surface area (Å²) in [5.74, 6) is 0.463. The van der Waals surface area contributed by atoms with E-state index in [9.17, 15) is 8.42 Å². The van der Waals surface area contributed by atoms with Crippen LogP contribution in [0, 0.1) is 6.92 Å². The molecular formula is C12H21NO2S2. The van der Waals surface area contributed by atoms with Crippen molar-refractivity contribution in [1.82, 2.24) is 5.32 Å². The van der Waals surface area contributed by atoms with E-state index >= 15 is 0 Å². The second-order valence-electron chi connectivity index (χ2n) is 4.31. The van der Waals surface area contributed by atoms with Crippen LogP contribution in [0.1, 0.15) is 23.6 Å². The Morgan fingerprint density at radius 2 is 2.12 bits per heavy atom. The van der Waals surface area contributed by atoms with E-state index in [2.05, 4.69) is 31.3 Å². The van der Waals surface area contributed by atoms with Crippen LogP contribution in [0.2, 0.25) is 0 Å². The van der Waals surface area contributed by atoms with Gasteiger partial charge in [-0.15, -0.1) is 11.3 Å². The van der Waals surface area contributed by atoms with Crippen LogP contribution in [-0.4, -0.2) is 32.5 Å². The fourth-order valence-corrected chi connectivity index (χ4v) is 3.31. The van der Waals surface area contributed by atoms with Crippen molar-refractivity contribution in [2.75, 3.05) is 18.1 Å². The summed E-state index contributed by atoms with van der Waals surface area (Å²) < 4.78 is 22.6. The minimum atomic E-state index is -2.84. The first-order valence-electron chi connectivity index (χ1n) is 5.92. The molecule has 0 amide bonds. The second-order valence-corrected chi connectivity index (χ2v) is 8.15. The van der Waals surface area contributed by atoms with E-state index in [1.165, 1.54) is 9.75 Å². The molecule has 98 valence electrons. The van der Waals surface area contributed by atoms with Crippen LogP contribution < -0.4 is 5.32 Å². The van der Waals surface area contributed by atoms with Crippen molar-refractivity contribution in [3.63, 3.8) is 0 Å². The predicted molar refractivity (Wildman–Crippen MR) is 74.6 cm³/mol. The second kappa shape index (κ2) is 6.52. The van der Waals surface area contributed by atoms with Gasteiger partial charge < -0.3 is 5.32 Å². The van der Waals surface area contributed by atoms with Gasteiger partial charge in [0.05, 0.1) is 5.75 Å². The SMILES string of the molecule is CCS(=O)(=O)CCNC(C)Cc1ccc(C)s1. The number of hydrogen-bond acceptors (Lipinski definition) is 4. The van der Waals surface area contributed by atoms with Gasteiger partial charge in [0, 0.05) is 28.1 Å². The van der Waals surface area contributed by atoms with Gasteiger partial charge in [0.25, 0.3) is 0 Å². The van der Waals surface area contributed by atoms with E-state index in [1.807, 2.05) is 0 Å². The van der Waals surface area contributed by atoms with Crippen LogP contribution in [0.15, 0.2) is 12.1 Å². The molecule has 0 radical (unpaired) electrons. The van der Waals surface area contributed by atoms with Crippen LogP contribution in [0.4, 0.5) is 0 Å². The van der Waals surface area contributed by atoms with Crippen molar-refractivity contribution in [3.05, 3.63) is 21.9 Å². The van der Waals surface area contributed by atoms with Gasteiger partial charge in [0.15, 0.2) is 9.84 Å². The zero-order chi connectivity index (χ0) is 12.9. The molecule has 1 N–H and O–H groups in total. The fourth-order valence-electron chi connectivity index (χ4n) is 1.57. The van der Waals surface area contributed by atoms with Crippen LogP contribution in [-0.2, 0) is 16.3 Å². The summed E-state index contributed by atoms with van der Waals surface area (Å²) in [6.07, 6.45) is 0.963. The van der Waals surface area contributed by atoms with E-state index in [-0.39, 0.29) is 11.5 Å². The Bertz CT molecular complexity index is 437. The molecule has 0 saturated carbocycles. The normalized spacial score (nSPS) is 13.8. The van der Waals surface area contributed by atoms with Crippen LogP contribution >= 0.6 is 11.3 Å². The minimum absolute atomic E-state index is 0.229. The van der Waals surface area contributed by atoms with Crippen molar-refractivity contribution in [2.45, 2.75) is 33.2 Å². The summed E-state index contributed by atoms with van der Waals surface area (Å²) in [7, 11) is -2.84. The van der Waals surface area contributed by atoms with Gasteiger partial charge in [-0.25, -0.2) is 8.42 Å². The van der Waals surface area contributed by atoms with Gasteiger partial charge in [-0.2, -0.15) is 0 Å². The van der Waals surface area contributed by atoms with Gasteiger partial charge in [-0.05, 0) is 32.4 Å². The van der Waals surface area contributed by atoms with Gasteiger partial charge in [-0.1, -0.05) is 6.92 Å². The summed E-state index contributed by atoms with van der Waals surface area (Å²) in [5, 5.41) is 3.26. The molecule has 0 aliphatic carbocycles. The summed E-state index contributed by atoms with van der Waals surface area (Å²) in [6.45, 7) is 6.42. The topological polar surface area (TPSA) is 46.2 Å². The van der Waals surface area contributed by atoms with Gasteiger partial charge in [-0.3, -0.25) is 0 Å². The Morgan fingerprint density at radius 1 is 1.41 bits per heavy atom. The summed E-state index contributed by atoms with van der Waals surface area (Å²) >= 11 is 1.80. The molecule has 1 rings (SSSR count). The molecular weight excluding hydrogens is 254 g/mol. The standard InChI is InChI=1S/C12H21NO2S2/c1-4-17(14,15)8-7-13-10(2)9-12-6-5-11(3)16-12/h5-6,10,13H,4,7-9H2,1-3H3. The number of nitrogens with one attached hydrogen (secondary N) is 1. The van der Waals surface area contributed by atoms with Crippen molar-refractivity contribution in [3.8, 4) is 0 Å². The van der Waals surface area contributed by atoms with E-state index in [0.717, 1.165) is 6.42 Å². The minimum Gasteiger partial charge on any atom is -0.313 e. The molecule has 0 bridgehead atoms. The Morgan fingerprint density at radius 3 is 2.65 bits per heavy atom. The molecule has 17 heavy (non-hydrogen) atoms. The molecule has 1 atom stereocenters. The fraction of sp³-hybridized carbons (Fsp3) is 0.667. The highest BCUT2D eigenvalue weighted by atomic mass is 32.2. The molecule has 0 saturated heterocycles. The summed E-state index contributed by atoms with van der Waals surface area (Å²) in [5.41, 5.74) is 0. The first-order chi connectivity index (χ1) is 7.93. The smallest absolute Gasteiger partial charge is 0.151 e. The quantitative estimate of drug-likeness (QED) is 0.828. The lowest BCUT2D eigenvalue weighted by Crippen LogP contribution is -2.32. The first-order valence-corrected chi connectivity index (χ1v) is 8.56. The Kier molecular flexibility index (Phi) is 5.62. The first kappa shape index (κ1) is 14.7. The van der Waals surface area contributed by atoms with Crippen LogP contribution in [0.25, 0.3) is 0 Å². The molecule has 0 aromatic carbocycles. The van der Waals surface area contributed by atoms with Crippen LogP contribution in [0.5, 0.6) is 0 Å². The highest BCUT2D eigenvalue weighted by Crippen LogP contribution is 2.16. The Balaban J connectivity index is 2.29. The third kappa shape index (κ3) is 5.66. The average molecular weight is 275 g/mol. The van der Waals surface area contributed by atoms with Gasteiger partial charge >= 0.3 is 0 Å². The lowest BCUT2D eigenvalue weighted by molar-refractivity contribution is 0.557. The van der Waals surface area contributed by atoms with E-state index < -0.39 is 9.84 Å². The summed E-state index contributed by atoms with van der Waals surface area (Å²) in [4.78, 5) is 2.67. The molecule has 0 spiro atoms. The zero-order valence-corrected chi connectivity index (χ0v) is 12.3. The number of thiophene rings is 1. The Hall–Kier alpha value is -0.390.